The van der Waals surface area contributed by atoms with Crippen LogP contribution in [0, 0.1) is 12.8 Å². The van der Waals surface area contributed by atoms with Crippen molar-refractivity contribution in [3.63, 3.8) is 0 Å². The molecule has 0 atom stereocenters. The van der Waals surface area contributed by atoms with E-state index in [1.165, 1.54) is 99.7 Å². The number of para-hydroxylation sites is 1. The van der Waals surface area contributed by atoms with Gasteiger partial charge in [0.2, 0.25) is 17.7 Å². The van der Waals surface area contributed by atoms with Gasteiger partial charge in [-0.1, -0.05) is 123 Å². The van der Waals surface area contributed by atoms with Gasteiger partial charge in [0, 0.05) is 99.7 Å². The Morgan fingerprint density at radius 1 is 0.569 bits per heavy atom. The first-order chi connectivity index (χ1) is 50.8. The zero-order valence-electron chi connectivity index (χ0n) is 63.2. The number of aromatic nitrogens is 1. The summed E-state index contributed by atoms with van der Waals surface area (Å²) in [5, 5.41) is 16.2. The lowest BCUT2D eigenvalue weighted by molar-refractivity contribution is -0.137. The molecule has 0 saturated heterocycles. The first-order valence-corrected chi connectivity index (χ1v) is 43.2. The first kappa shape index (κ1) is 95.4. The number of furan rings is 1. The van der Waals surface area contributed by atoms with Gasteiger partial charge >= 0.3 is 6.18 Å². The molecule has 1 aliphatic rings. The zero-order chi connectivity index (χ0) is 82.1. The van der Waals surface area contributed by atoms with Crippen LogP contribution >= 0.6 is 22.7 Å². The number of nitrogens with zero attached hydrogens (tertiary/aromatic N) is 1. The minimum Gasteiger partial charge on any atom is -0.461 e. The zero-order valence-corrected chi connectivity index (χ0v) is 68.1. The number of Topliss-reactive ketones (excluding diaryl/α,β-unsaturated/α-hetero) is 3. The molecule has 1 aliphatic carbocycles. The highest BCUT2D eigenvalue weighted by molar-refractivity contribution is 7.93. The summed E-state index contributed by atoms with van der Waals surface area (Å²) in [6, 6.07) is 53.5. The molecule has 10 aromatic rings. The number of benzene rings is 6. The maximum atomic E-state index is 12.1. The molecule has 0 aliphatic heterocycles. The van der Waals surface area contributed by atoms with E-state index in [0.717, 1.165) is 94.4 Å². The standard InChI is InChI=1S/C14H13NO2.C11H10O2S.C9H10O.C8H7F3O2S.C8H7NO3S2.C8H11NOS.C8H15NO.C6H6O2.C5H10O.C2H6O2S/c1-11(16)15-12-7-9-14(10-8-12)17-13-5-3-2-4-6-13;1-14(12,13)11-7-6-9-4-2-3-5-10(9)8-11;1-7-3-5-9(6-4-7)8(2)10;1-14(12,13)7-4-2-6(3-5-7)8(9,10)11;1-14(10,11)8-3-2-7(13-8)6-4-5-12-9-6;1-7(10)9-5-4-8-3-2-6-11-8;1-7(10)9-8-5-3-2-4-6-8;1-5(7)6-3-2-4-8-6;1-4(2)5(3)6;1-5(2,3)4/h2-10H,1H3,(H,15,16);2-8H,1H3;3-6H,1-2H3;2*2-5H,1H3;2-3,6H,4-5H2,1H3,(H,9,10);8H,2-6H2,1H3,(H,9,10);2-4H,1H3;4H,1-3H3;1-2H3. The van der Waals surface area contributed by atoms with Gasteiger partial charge in [0.05, 0.1) is 26.5 Å². The number of aryl methyl sites for hydroxylation is 1. The average Bonchev–Trinajstić information content (AvgIpc) is 1.03. The van der Waals surface area contributed by atoms with E-state index in [1.54, 1.807) is 86.7 Å². The molecule has 4 heterocycles. The number of hydrogen-bond donors (Lipinski definition) is 3. The predicted octanol–water partition coefficient (Wildman–Crippen LogP) is 17.1. The molecule has 0 spiro atoms. The smallest absolute Gasteiger partial charge is 0.416 e. The third-order valence-corrected chi connectivity index (χ3v) is 20.1. The summed E-state index contributed by atoms with van der Waals surface area (Å²) in [4.78, 5) is 65.6. The Bertz CT molecular complexity index is 4850. The molecule has 11 rings (SSSR count). The van der Waals surface area contributed by atoms with Gasteiger partial charge in [-0.2, -0.15) is 13.2 Å². The number of fused-ring (bicyclic) bond motifs is 1. The lowest BCUT2D eigenvalue weighted by Gasteiger charge is -2.21. The van der Waals surface area contributed by atoms with Crippen LogP contribution in [0.2, 0.25) is 0 Å². The average molecular weight is 1620 g/mol. The van der Waals surface area contributed by atoms with Crippen LogP contribution in [0.1, 0.15) is 124 Å². The van der Waals surface area contributed by atoms with Crippen molar-refractivity contribution in [3.05, 3.63) is 233 Å². The topological polar surface area (TPSA) is 323 Å². The van der Waals surface area contributed by atoms with E-state index in [2.05, 4.69) is 31.7 Å². The van der Waals surface area contributed by atoms with Crippen LogP contribution in [0.5, 0.6) is 11.5 Å². The third kappa shape index (κ3) is 43.8. The van der Waals surface area contributed by atoms with Crippen molar-refractivity contribution in [2.75, 3.05) is 43.1 Å². The highest BCUT2D eigenvalue weighted by Gasteiger charge is 2.30. The number of carbonyl (C=O) groups excluding carboxylic acids is 6. The number of carbonyl (C=O) groups is 6. The summed E-state index contributed by atoms with van der Waals surface area (Å²) < 4.78 is 138. The van der Waals surface area contributed by atoms with Crippen molar-refractivity contribution in [1.29, 1.82) is 0 Å². The molecule has 6 aromatic carbocycles. The summed E-state index contributed by atoms with van der Waals surface area (Å²) in [6.45, 7) is 15.8. The monoisotopic (exact) mass is 1620 g/mol. The van der Waals surface area contributed by atoms with Crippen LogP contribution in [0.15, 0.2) is 229 Å². The Morgan fingerprint density at radius 2 is 1.12 bits per heavy atom. The van der Waals surface area contributed by atoms with E-state index in [4.69, 9.17) is 9.15 Å². The third-order valence-electron chi connectivity index (χ3n) is 14.0. The van der Waals surface area contributed by atoms with Gasteiger partial charge in [-0.15, -0.1) is 22.7 Å². The SMILES string of the molecule is CC(=O)C(C)C.CC(=O)NC1CCCCC1.CC(=O)NCCc1cccs1.CC(=O)Nc1ccc(Oc2ccccc2)cc1.CC(=O)c1ccc(C)cc1.CC(=O)c1ccco1.CS(=O)(=O)c1ccc(-c2ccon2)s1.CS(=O)(=O)c1ccc(C(F)(F)F)cc1.CS(=O)(=O)c1ccc2ccccc2c1.CS(C)(=O)=O. The van der Waals surface area contributed by atoms with Gasteiger partial charge in [0.25, 0.3) is 0 Å². The van der Waals surface area contributed by atoms with Crippen molar-refractivity contribution in [1.82, 2.24) is 15.8 Å². The summed E-state index contributed by atoms with van der Waals surface area (Å²) in [5.74, 6) is 2.60. The Labute approximate surface area is 645 Å². The number of halogens is 3. The molecule has 109 heavy (non-hydrogen) atoms. The lowest BCUT2D eigenvalue weighted by Crippen LogP contribution is -2.34. The normalized spacial score (nSPS) is 11.6. The summed E-state index contributed by atoms with van der Waals surface area (Å²) >= 11 is 2.91. The quantitative estimate of drug-likeness (QED) is 0.0852. The number of thiophene rings is 2. The second-order valence-electron chi connectivity index (χ2n) is 24.7. The Kier molecular flexibility index (Phi) is 41.9. The second kappa shape index (κ2) is 47.9. The van der Waals surface area contributed by atoms with Gasteiger partial charge < -0.3 is 29.6 Å². The van der Waals surface area contributed by atoms with Crippen LogP contribution in [0.3, 0.4) is 0 Å². The fourth-order valence-electron chi connectivity index (χ4n) is 8.34. The molecule has 0 unspecified atom stereocenters. The van der Waals surface area contributed by atoms with E-state index in [-0.39, 0.29) is 45.9 Å². The molecule has 1 fully saturated rings. The number of sulfone groups is 4. The second-order valence-corrected chi connectivity index (χ2v) is 35.4. The molecule has 30 heteroatoms. The molecule has 590 valence electrons. The highest BCUT2D eigenvalue weighted by atomic mass is 32.2. The molecule has 0 radical (unpaired) electrons. The minimum atomic E-state index is -4.43. The van der Waals surface area contributed by atoms with Gasteiger partial charge in [0.15, 0.2) is 46.8 Å². The van der Waals surface area contributed by atoms with Gasteiger partial charge in [-0.3, -0.25) is 28.8 Å². The first-order valence-electron chi connectivity index (χ1n) is 33.5. The van der Waals surface area contributed by atoms with Crippen molar-refractivity contribution in [2.24, 2.45) is 5.92 Å². The van der Waals surface area contributed by atoms with Crippen LogP contribution in [-0.2, 0) is 71.1 Å². The molecule has 1 saturated carbocycles. The molecular formula is C79H95F3N4O17S6. The van der Waals surface area contributed by atoms with E-state index in [9.17, 15) is 75.6 Å². The van der Waals surface area contributed by atoms with Crippen LogP contribution in [-0.4, -0.2) is 118 Å². The maximum Gasteiger partial charge on any atom is 0.416 e. The molecule has 3 N–H and O–H groups in total. The highest BCUT2D eigenvalue weighted by Crippen LogP contribution is 2.31. The van der Waals surface area contributed by atoms with E-state index in [1.807, 2.05) is 129 Å². The van der Waals surface area contributed by atoms with Gasteiger partial charge in [-0.25, -0.2) is 33.7 Å². The number of alkyl halides is 3. The van der Waals surface area contributed by atoms with Crippen LogP contribution in [0.25, 0.3) is 21.3 Å². The number of rotatable bonds is 14. The van der Waals surface area contributed by atoms with Gasteiger partial charge in [-0.05, 0) is 159 Å². The largest absolute Gasteiger partial charge is 0.461 e. The Balaban J connectivity index is 0.000000418. The van der Waals surface area contributed by atoms with E-state index < -0.39 is 51.1 Å². The summed E-state index contributed by atoms with van der Waals surface area (Å²) in [5.41, 5.74) is 2.53. The minimum absolute atomic E-state index is 0.0324. The van der Waals surface area contributed by atoms with Gasteiger partial charge in [0.1, 0.15) is 43.3 Å². The number of hydrogen-bond acceptors (Lipinski definition) is 20. The van der Waals surface area contributed by atoms with E-state index >= 15 is 0 Å². The maximum absolute atomic E-state index is 12.1. The Morgan fingerprint density at radius 3 is 1.55 bits per heavy atom. The molecular weight excluding hydrogens is 1530 g/mol. The number of ether oxygens (including phenoxy) is 1. The predicted molar refractivity (Wildman–Crippen MR) is 425 cm³/mol. The number of nitrogens with one attached hydrogen (secondary N) is 3. The van der Waals surface area contributed by atoms with Crippen molar-refractivity contribution in [2.45, 2.75) is 127 Å². The number of ketones is 3. The van der Waals surface area contributed by atoms with E-state index in [0.29, 0.717) is 26.6 Å². The number of amides is 3. The fourth-order valence-corrected chi connectivity index (χ4v) is 12.2. The molecule has 21 nitrogen and oxygen atoms in total. The molecule has 3 amide bonds. The number of anilines is 1. The van der Waals surface area contributed by atoms with Crippen LogP contribution in [0.4, 0.5) is 18.9 Å². The lowest BCUT2D eigenvalue weighted by atomic mass is 9.95. The summed E-state index contributed by atoms with van der Waals surface area (Å²) in [7, 11) is -12.3. The summed E-state index contributed by atoms with van der Waals surface area (Å²) in [6.07, 6.45) is 11.4. The van der Waals surface area contributed by atoms with Crippen molar-refractivity contribution < 1.29 is 89.3 Å². The fraction of sp³-hybridized carbons (Fsp3) is 0.304. The molecule has 4 aromatic heterocycles. The molecule has 0 bridgehead atoms. The Hall–Kier alpha value is -9.72. The van der Waals surface area contributed by atoms with Crippen LogP contribution < -0.4 is 20.7 Å². The van der Waals surface area contributed by atoms with Crippen molar-refractivity contribution in [3.8, 4) is 22.1 Å². The van der Waals surface area contributed by atoms with Crippen molar-refractivity contribution >= 4 is 114 Å².